The number of rotatable bonds is 4. The highest BCUT2D eigenvalue weighted by Crippen LogP contribution is 2.40. The maximum Gasteiger partial charge on any atom is 0.323 e. The minimum absolute atomic E-state index is 0.131. The number of ether oxygens (including phenoxy) is 1. The maximum atomic E-state index is 12.0. The van der Waals surface area contributed by atoms with Gasteiger partial charge in [-0.2, -0.15) is 0 Å². The summed E-state index contributed by atoms with van der Waals surface area (Å²) in [7, 11) is 1.64. The lowest BCUT2D eigenvalue weighted by molar-refractivity contribution is 0.0915. The zero-order valence-corrected chi connectivity index (χ0v) is 11.3. The average Bonchev–Trinajstić information content (AvgIpc) is 2.59. The van der Waals surface area contributed by atoms with Gasteiger partial charge in [0.15, 0.2) is 0 Å². The van der Waals surface area contributed by atoms with Crippen molar-refractivity contribution in [3.63, 3.8) is 0 Å². The van der Waals surface area contributed by atoms with Gasteiger partial charge in [-0.3, -0.25) is 10.7 Å². The molecule has 0 aromatic heterocycles. The summed E-state index contributed by atoms with van der Waals surface area (Å²) in [5, 5.41) is 10.8. The second-order valence-electron chi connectivity index (χ2n) is 5.35. The first kappa shape index (κ1) is 13.3. The second kappa shape index (κ2) is 5.26. The van der Waals surface area contributed by atoms with E-state index in [2.05, 4.69) is 12.2 Å². The molecule has 5 nitrogen and oxygen atoms in total. The van der Waals surface area contributed by atoms with Crippen molar-refractivity contribution < 1.29 is 9.53 Å². The number of hydrogen-bond donors (Lipinski definition) is 2. The highest BCUT2D eigenvalue weighted by Gasteiger charge is 2.51. The van der Waals surface area contributed by atoms with Gasteiger partial charge >= 0.3 is 6.03 Å². The summed E-state index contributed by atoms with van der Waals surface area (Å²) in [5.41, 5.74) is -0.380. The highest BCUT2D eigenvalue weighted by molar-refractivity contribution is 6.08. The van der Waals surface area contributed by atoms with Crippen LogP contribution in [0.4, 0.5) is 4.79 Å². The van der Waals surface area contributed by atoms with E-state index in [9.17, 15) is 4.79 Å². The lowest BCUT2D eigenvalue weighted by atomic mass is 9.73. The predicted octanol–water partition coefficient (Wildman–Crippen LogP) is 1.97. The molecule has 0 aromatic carbocycles. The largest absolute Gasteiger partial charge is 0.383 e. The molecule has 18 heavy (non-hydrogen) atoms. The third-order valence-electron chi connectivity index (χ3n) is 4.38. The molecular weight excluding hydrogens is 230 g/mol. The summed E-state index contributed by atoms with van der Waals surface area (Å²) in [6, 6.07) is -0.131. The van der Waals surface area contributed by atoms with E-state index >= 15 is 0 Å². The Morgan fingerprint density at radius 2 is 2.39 bits per heavy atom. The van der Waals surface area contributed by atoms with Crippen LogP contribution in [0.2, 0.25) is 0 Å². The Bertz CT molecular complexity index is 345. The predicted molar refractivity (Wildman–Crippen MR) is 69.8 cm³/mol. The number of carbonyl (C=O) groups is 1. The van der Waals surface area contributed by atoms with Gasteiger partial charge in [-0.1, -0.05) is 26.2 Å². The first-order valence-corrected chi connectivity index (χ1v) is 6.80. The van der Waals surface area contributed by atoms with Crippen LogP contribution < -0.4 is 5.32 Å². The molecule has 102 valence electrons. The quantitative estimate of drug-likeness (QED) is 0.804. The number of amides is 2. The first-order chi connectivity index (χ1) is 8.64. The van der Waals surface area contributed by atoms with Gasteiger partial charge in [0.1, 0.15) is 11.4 Å². The van der Waals surface area contributed by atoms with Gasteiger partial charge in [-0.25, -0.2) is 4.79 Å². The van der Waals surface area contributed by atoms with Crippen LogP contribution >= 0.6 is 0 Å². The second-order valence-corrected chi connectivity index (χ2v) is 5.35. The number of urea groups is 1. The van der Waals surface area contributed by atoms with Crippen molar-refractivity contribution in [1.82, 2.24) is 10.2 Å². The minimum atomic E-state index is -0.380. The maximum absolute atomic E-state index is 12.0. The molecule has 2 atom stereocenters. The summed E-state index contributed by atoms with van der Waals surface area (Å²) in [5.74, 6) is 1.01. The van der Waals surface area contributed by atoms with Crippen molar-refractivity contribution in [2.75, 3.05) is 20.3 Å². The molecule has 0 bridgehead atoms. The molecule has 1 saturated carbocycles. The summed E-state index contributed by atoms with van der Waals surface area (Å²) < 4.78 is 5.08. The molecule has 0 radical (unpaired) electrons. The standard InChI is InChI=1S/C13H23N3O2/c1-3-10-5-4-6-13(9-10)11(14)15-12(17)16(13)7-8-18-2/h10H,3-9H2,1-2H3,(H2,14,15,17). The molecule has 2 rings (SSSR count). The smallest absolute Gasteiger partial charge is 0.323 e. The van der Waals surface area contributed by atoms with E-state index in [0.29, 0.717) is 24.9 Å². The molecule has 5 heteroatoms. The zero-order chi connectivity index (χ0) is 13.2. The molecule has 1 heterocycles. The Morgan fingerprint density at radius 3 is 3.06 bits per heavy atom. The fourth-order valence-corrected chi connectivity index (χ4v) is 3.30. The molecular formula is C13H23N3O2. The van der Waals surface area contributed by atoms with Crippen molar-refractivity contribution in [3.05, 3.63) is 0 Å². The van der Waals surface area contributed by atoms with Gasteiger partial charge in [0.2, 0.25) is 0 Å². The van der Waals surface area contributed by atoms with Crippen LogP contribution in [0, 0.1) is 11.3 Å². The van der Waals surface area contributed by atoms with E-state index in [1.165, 1.54) is 6.42 Å². The van der Waals surface area contributed by atoms with Gasteiger partial charge in [0.25, 0.3) is 0 Å². The topological polar surface area (TPSA) is 65.4 Å². The van der Waals surface area contributed by atoms with Gasteiger partial charge in [0, 0.05) is 13.7 Å². The van der Waals surface area contributed by atoms with E-state index in [0.717, 1.165) is 25.7 Å². The molecule has 2 amide bonds. The van der Waals surface area contributed by atoms with Crippen molar-refractivity contribution in [2.45, 2.75) is 44.6 Å². The Kier molecular flexibility index (Phi) is 3.90. The van der Waals surface area contributed by atoms with E-state index in [-0.39, 0.29) is 11.6 Å². The monoisotopic (exact) mass is 253 g/mol. The number of nitrogens with zero attached hydrogens (tertiary/aromatic N) is 1. The van der Waals surface area contributed by atoms with Gasteiger partial charge in [-0.05, 0) is 18.8 Å². The van der Waals surface area contributed by atoms with E-state index < -0.39 is 0 Å². The lowest BCUT2D eigenvalue weighted by Gasteiger charge is -2.42. The molecule has 2 fully saturated rings. The summed E-state index contributed by atoms with van der Waals surface area (Å²) >= 11 is 0. The van der Waals surface area contributed by atoms with Crippen molar-refractivity contribution in [2.24, 2.45) is 5.92 Å². The highest BCUT2D eigenvalue weighted by atomic mass is 16.5. The van der Waals surface area contributed by atoms with Crippen molar-refractivity contribution in [1.29, 1.82) is 5.41 Å². The molecule has 0 aromatic rings. The van der Waals surface area contributed by atoms with Crippen molar-refractivity contribution in [3.8, 4) is 0 Å². The Hall–Kier alpha value is -1.10. The summed E-state index contributed by atoms with van der Waals surface area (Å²) in [6.07, 6.45) is 5.27. The van der Waals surface area contributed by atoms with Gasteiger partial charge < -0.3 is 9.64 Å². The zero-order valence-electron chi connectivity index (χ0n) is 11.3. The SMILES string of the molecule is CCC1CCCC2(C1)C(=N)NC(=O)N2CCOC. The fraction of sp³-hybridized carbons (Fsp3) is 0.846. The third kappa shape index (κ3) is 2.11. The van der Waals surface area contributed by atoms with Gasteiger partial charge in [-0.15, -0.1) is 0 Å². The van der Waals surface area contributed by atoms with Crippen LogP contribution in [0.5, 0.6) is 0 Å². The number of hydrogen-bond acceptors (Lipinski definition) is 3. The molecule has 1 saturated heterocycles. The number of nitrogens with one attached hydrogen (secondary N) is 2. The first-order valence-electron chi connectivity index (χ1n) is 6.80. The van der Waals surface area contributed by atoms with Crippen LogP contribution in [0.25, 0.3) is 0 Å². The van der Waals surface area contributed by atoms with Crippen molar-refractivity contribution >= 4 is 11.9 Å². The minimum Gasteiger partial charge on any atom is -0.383 e. The molecule has 1 aliphatic carbocycles. The molecule has 2 N–H and O–H groups in total. The van der Waals surface area contributed by atoms with Gasteiger partial charge in [0.05, 0.1) is 6.61 Å². The molecule has 2 unspecified atom stereocenters. The van der Waals surface area contributed by atoms with Crippen LogP contribution in [-0.4, -0.2) is 42.6 Å². The number of amidine groups is 1. The third-order valence-corrected chi connectivity index (χ3v) is 4.38. The Labute approximate surface area is 108 Å². The summed E-state index contributed by atoms with van der Waals surface area (Å²) in [6.45, 7) is 3.29. The van der Waals surface area contributed by atoms with Crippen LogP contribution in [0.3, 0.4) is 0 Å². The Balaban J connectivity index is 2.20. The molecule has 2 aliphatic rings. The Morgan fingerprint density at radius 1 is 1.61 bits per heavy atom. The molecule has 1 spiro atoms. The summed E-state index contributed by atoms with van der Waals surface area (Å²) in [4.78, 5) is 13.8. The number of carbonyl (C=O) groups excluding carboxylic acids is 1. The normalized spacial score (nSPS) is 32.1. The lowest BCUT2D eigenvalue weighted by Crippen LogP contribution is -2.53. The van der Waals surface area contributed by atoms with Crippen LogP contribution in [0.1, 0.15) is 39.0 Å². The number of methoxy groups -OCH3 is 1. The van der Waals surface area contributed by atoms with E-state index in [1.54, 1.807) is 7.11 Å². The van der Waals surface area contributed by atoms with Crippen LogP contribution in [0.15, 0.2) is 0 Å². The molecule has 1 aliphatic heterocycles. The van der Waals surface area contributed by atoms with E-state index in [1.807, 2.05) is 4.90 Å². The van der Waals surface area contributed by atoms with Crippen LogP contribution in [-0.2, 0) is 4.74 Å². The van der Waals surface area contributed by atoms with E-state index in [4.69, 9.17) is 10.1 Å². The average molecular weight is 253 g/mol. The fourth-order valence-electron chi connectivity index (χ4n) is 3.30.